The molecule has 0 spiro atoms. The lowest BCUT2D eigenvalue weighted by Crippen LogP contribution is -2.40. The fourth-order valence-corrected chi connectivity index (χ4v) is 3.51. The molecule has 2 aromatic carbocycles. The minimum absolute atomic E-state index is 0.111. The van der Waals surface area contributed by atoms with Crippen molar-refractivity contribution in [3.05, 3.63) is 69.8 Å². The number of hydrogen-bond acceptors (Lipinski definition) is 4. The lowest BCUT2D eigenvalue weighted by atomic mass is 9.98. The molecule has 0 bridgehead atoms. The van der Waals surface area contributed by atoms with Gasteiger partial charge in [0.25, 0.3) is 5.69 Å². The normalized spacial score (nSPS) is 16.9. The number of hydrogen-bond donors (Lipinski definition) is 1. The minimum Gasteiger partial charge on any atom is -0.497 e. The van der Waals surface area contributed by atoms with Gasteiger partial charge in [-0.2, -0.15) is 0 Å². The van der Waals surface area contributed by atoms with Gasteiger partial charge in [-0.15, -0.1) is 0 Å². The molecule has 2 aromatic rings. The Balaban J connectivity index is 1.72. The average Bonchev–Trinajstić information content (AvgIpc) is 3.21. The summed E-state index contributed by atoms with van der Waals surface area (Å²) in [6.07, 6.45) is 1.04. The smallest absolute Gasteiger partial charge is 0.274 e. The maximum absolute atomic E-state index is 11.2. The van der Waals surface area contributed by atoms with Gasteiger partial charge in [0.1, 0.15) is 5.75 Å². The molecule has 0 aromatic heterocycles. The minimum atomic E-state index is -0.354. The average molecular weight is 382 g/mol. The summed E-state index contributed by atoms with van der Waals surface area (Å²) >= 11 is 0. The van der Waals surface area contributed by atoms with E-state index in [0.29, 0.717) is 11.5 Å². The molecule has 7 heteroatoms. The Labute approximate surface area is 165 Å². The van der Waals surface area contributed by atoms with E-state index in [4.69, 9.17) is 4.74 Å². The number of benzene rings is 2. The van der Waals surface area contributed by atoms with Crippen LogP contribution in [0.25, 0.3) is 0 Å². The van der Waals surface area contributed by atoms with Crippen LogP contribution in [0.5, 0.6) is 5.75 Å². The lowest BCUT2D eigenvalue weighted by Gasteiger charge is -2.22. The number of nitro groups is 1. The van der Waals surface area contributed by atoms with Gasteiger partial charge >= 0.3 is 0 Å². The van der Waals surface area contributed by atoms with Gasteiger partial charge in [-0.25, -0.2) is 4.99 Å². The van der Waals surface area contributed by atoms with Crippen LogP contribution >= 0.6 is 0 Å². The molecule has 1 N–H and O–H groups in total. The van der Waals surface area contributed by atoms with Crippen molar-refractivity contribution in [3.63, 3.8) is 0 Å². The number of ether oxygens (including phenoxy) is 1. The first-order valence-corrected chi connectivity index (χ1v) is 9.52. The molecule has 1 aliphatic heterocycles. The summed E-state index contributed by atoms with van der Waals surface area (Å²) in [5.41, 5.74) is 2.02. The molecule has 0 amide bonds. The number of nitro benzene ring substituents is 1. The van der Waals surface area contributed by atoms with Crippen LogP contribution in [0.2, 0.25) is 0 Å². The number of aliphatic imine (C=N–C) groups is 1. The molecular weight excluding hydrogens is 356 g/mol. The highest BCUT2D eigenvalue weighted by molar-refractivity contribution is 5.80. The van der Waals surface area contributed by atoms with Crippen molar-refractivity contribution in [3.8, 4) is 5.75 Å². The summed E-state index contributed by atoms with van der Waals surface area (Å²) in [7, 11) is 1.67. The Hall–Kier alpha value is -3.09. The van der Waals surface area contributed by atoms with Crippen molar-refractivity contribution < 1.29 is 9.66 Å². The fraction of sp³-hybridized carbons (Fsp3) is 0.381. The zero-order valence-electron chi connectivity index (χ0n) is 16.3. The van der Waals surface area contributed by atoms with Crippen LogP contribution < -0.4 is 10.1 Å². The third kappa shape index (κ3) is 4.60. The van der Waals surface area contributed by atoms with Crippen molar-refractivity contribution in [1.82, 2.24) is 10.2 Å². The van der Waals surface area contributed by atoms with E-state index in [1.807, 2.05) is 19.1 Å². The predicted octanol–water partition coefficient (Wildman–Crippen LogP) is 3.56. The Morgan fingerprint density at radius 1 is 1.29 bits per heavy atom. The molecule has 1 unspecified atom stereocenters. The third-order valence-corrected chi connectivity index (χ3v) is 5.00. The number of rotatable bonds is 6. The van der Waals surface area contributed by atoms with Gasteiger partial charge in [0.15, 0.2) is 5.96 Å². The van der Waals surface area contributed by atoms with Crippen molar-refractivity contribution >= 4 is 11.6 Å². The van der Waals surface area contributed by atoms with Crippen LogP contribution in [0.3, 0.4) is 0 Å². The number of nitrogens with one attached hydrogen (secondary N) is 1. The lowest BCUT2D eigenvalue weighted by molar-refractivity contribution is -0.385. The van der Waals surface area contributed by atoms with E-state index in [9.17, 15) is 10.1 Å². The fourth-order valence-electron chi connectivity index (χ4n) is 3.51. The highest BCUT2D eigenvalue weighted by Gasteiger charge is 2.26. The summed E-state index contributed by atoms with van der Waals surface area (Å²) < 4.78 is 5.24. The summed E-state index contributed by atoms with van der Waals surface area (Å²) in [5.74, 6) is 2.09. The second-order valence-electron chi connectivity index (χ2n) is 6.76. The van der Waals surface area contributed by atoms with E-state index >= 15 is 0 Å². The molecule has 1 fully saturated rings. The first-order chi connectivity index (χ1) is 13.6. The molecule has 1 saturated heterocycles. The quantitative estimate of drug-likeness (QED) is 0.358. The second kappa shape index (κ2) is 9.21. The van der Waals surface area contributed by atoms with Crippen LogP contribution in [0, 0.1) is 10.1 Å². The van der Waals surface area contributed by atoms with E-state index in [-0.39, 0.29) is 17.2 Å². The van der Waals surface area contributed by atoms with Crippen molar-refractivity contribution in [1.29, 1.82) is 0 Å². The van der Waals surface area contributed by atoms with Gasteiger partial charge in [-0.3, -0.25) is 10.1 Å². The summed E-state index contributed by atoms with van der Waals surface area (Å²) in [6, 6.07) is 15.0. The number of para-hydroxylation sites is 1. The molecule has 148 valence electrons. The molecule has 28 heavy (non-hydrogen) atoms. The maximum Gasteiger partial charge on any atom is 0.274 e. The number of methoxy groups -OCH3 is 1. The zero-order chi connectivity index (χ0) is 19.9. The van der Waals surface area contributed by atoms with Crippen LogP contribution in [-0.2, 0) is 6.54 Å². The molecule has 1 heterocycles. The molecule has 0 radical (unpaired) electrons. The van der Waals surface area contributed by atoms with Crippen molar-refractivity contribution in [2.75, 3.05) is 26.7 Å². The maximum atomic E-state index is 11.2. The summed E-state index contributed by atoms with van der Waals surface area (Å²) in [4.78, 5) is 17.8. The molecule has 1 aliphatic rings. The van der Waals surface area contributed by atoms with E-state index in [1.54, 1.807) is 25.3 Å². The van der Waals surface area contributed by atoms with E-state index < -0.39 is 0 Å². The highest BCUT2D eigenvalue weighted by Crippen LogP contribution is 2.28. The molecule has 0 saturated carbocycles. The number of likely N-dealkylation sites (tertiary alicyclic amines) is 1. The van der Waals surface area contributed by atoms with Crippen LogP contribution in [0.4, 0.5) is 5.69 Å². The summed E-state index contributed by atoms with van der Waals surface area (Å²) in [6.45, 7) is 4.83. The molecule has 1 atom stereocenters. The van der Waals surface area contributed by atoms with Gasteiger partial charge in [0, 0.05) is 31.6 Å². The number of nitrogens with zero attached hydrogens (tertiary/aromatic N) is 3. The van der Waals surface area contributed by atoms with Gasteiger partial charge in [-0.05, 0) is 31.0 Å². The Bertz CT molecular complexity index is 836. The van der Waals surface area contributed by atoms with Crippen molar-refractivity contribution in [2.45, 2.75) is 25.8 Å². The SMILES string of the molecule is CCNC(=NCc1ccccc1[N+](=O)[O-])N1CCC(c2ccc(OC)cc2)C1. The topological polar surface area (TPSA) is 80.0 Å². The molecular formula is C21H26N4O3. The van der Waals surface area contributed by atoms with E-state index in [2.05, 4.69) is 27.3 Å². The van der Waals surface area contributed by atoms with Crippen LogP contribution in [-0.4, -0.2) is 42.5 Å². The highest BCUT2D eigenvalue weighted by atomic mass is 16.6. The largest absolute Gasteiger partial charge is 0.497 e. The standard InChI is InChI=1S/C21H26N4O3/c1-3-22-21(23-14-17-6-4-5-7-20(17)25(26)27)24-13-12-18(15-24)16-8-10-19(28-2)11-9-16/h4-11,18H,3,12-15H2,1-2H3,(H,22,23). The second-order valence-corrected chi connectivity index (χ2v) is 6.76. The first-order valence-electron chi connectivity index (χ1n) is 9.52. The van der Waals surface area contributed by atoms with E-state index in [0.717, 1.165) is 37.8 Å². The van der Waals surface area contributed by atoms with Crippen LogP contribution in [0.1, 0.15) is 30.4 Å². The number of guanidine groups is 1. The zero-order valence-corrected chi connectivity index (χ0v) is 16.3. The Kier molecular flexibility index (Phi) is 6.47. The molecule has 3 rings (SSSR count). The summed E-state index contributed by atoms with van der Waals surface area (Å²) in [5, 5.41) is 14.5. The van der Waals surface area contributed by atoms with Gasteiger partial charge in [-0.1, -0.05) is 30.3 Å². The monoisotopic (exact) mass is 382 g/mol. The van der Waals surface area contributed by atoms with Gasteiger partial charge < -0.3 is 15.0 Å². The Morgan fingerprint density at radius 3 is 2.71 bits per heavy atom. The Morgan fingerprint density at radius 2 is 2.04 bits per heavy atom. The molecule has 0 aliphatic carbocycles. The van der Waals surface area contributed by atoms with Gasteiger partial charge in [0.2, 0.25) is 0 Å². The van der Waals surface area contributed by atoms with Gasteiger partial charge in [0.05, 0.1) is 24.1 Å². The molecule has 7 nitrogen and oxygen atoms in total. The van der Waals surface area contributed by atoms with Crippen molar-refractivity contribution in [2.24, 2.45) is 4.99 Å². The third-order valence-electron chi connectivity index (χ3n) is 5.00. The van der Waals surface area contributed by atoms with E-state index in [1.165, 1.54) is 11.6 Å². The first kappa shape index (κ1) is 19.7. The predicted molar refractivity (Wildman–Crippen MR) is 110 cm³/mol. The van der Waals surface area contributed by atoms with Crippen LogP contribution in [0.15, 0.2) is 53.5 Å².